The first-order chi connectivity index (χ1) is 11.7. The van der Waals surface area contributed by atoms with E-state index in [1.807, 2.05) is 42.3 Å². The number of aromatic nitrogens is 2. The van der Waals surface area contributed by atoms with Gasteiger partial charge in [-0.2, -0.15) is 0 Å². The maximum absolute atomic E-state index is 12.7. The van der Waals surface area contributed by atoms with Crippen molar-refractivity contribution < 1.29 is 9.53 Å². The molecular weight excluding hydrogens is 304 g/mol. The van der Waals surface area contributed by atoms with Crippen LogP contribution in [0, 0.1) is 6.92 Å². The van der Waals surface area contributed by atoms with Gasteiger partial charge < -0.3 is 14.5 Å². The van der Waals surface area contributed by atoms with Gasteiger partial charge in [0.2, 0.25) is 5.95 Å². The average molecular weight is 324 g/mol. The maximum Gasteiger partial charge on any atom is 0.254 e. The highest BCUT2D eigenvalue weighted by Gasteiger charge is 2.27. The summed E-state index contributed by atoms with van der Waals surface area (Å²) >= 11 is 0. The van der Waals surface area contributed by atoms with Crippen molar-refractivity contribution >= 4 is 11.9 Å². The van der Waals surface area contributed by atoms with E-state index in [1.54, 1.807) is 0 Å². The van der Waals surface area contributed by atoms with Crippen molar-refractivity contribution in [3.8, 4) is 0 Å². The van der Waals surface area contributed by atoms with Gasteiger partial charge in [-0.1, -0.05) is 17.7 Å². The molecule has 1 amide bonds. The van der Waals surface area contributed by atoms with Crippen molar-refractivity contribution in [3.05, 3.63) is 52.8 Å². The second kappa shape index (κ2) is 6.20. The molecule has 2 aliphatic heterocycles. The Morgan fingerprint density at radius 3 is 2.83 bits per heavy atom. The summed E-state index contributed by atoms with van der Waals surface area (Å²) in [6.45, 7) is 6.15. The summed E-state index contributed by atoms with van der Waals surface area (Å²) in [6, 6.07) is 7.71. The topological polar surface area (TPSA) is 58.6 Å². The Morgan fingerprint density at radius 2 is 2.04 bits per heavy atom. The Hall–Kier alpha value is -2.47. The molecule has 3 heterocycles. The standard InChI is InChI=1S/C18H20N4O2/c1-13-3-2-4-14(9-13)17(23)22-11-15-10-19-18(20-16(15)12-22)21-5-7-24-8-6-21/h2-4,9-10H,5-8,11-12H2,1H3. The zero-order valence-corrected chi connectivity index (χ0v) is 13.7. The summed E-state index contributed by atoms with van der Waals surface area (Å²) in [5.74, 6) is 0.784. The number of fused-ring (bicyclic) bond motifs is 1. The van der Waals surface area contributed by atoms with Crippen LogP contribution in [0.1, 0.15) is 27.2 Å². The van der Waals surface area contributed by atoms with Gasteiger partial charge in [0, 0.05) is 37.0 Å². The molecule has 1 fully saturated rings. The first-order valence-corrected chi connectivity index (χ1v) is 8.24. The van der Waals surface area contributed by atoms with Gasteiger partial charge >= 0.3 is 0 Å². The lowest BCUT2D eigenvalue weighted by Gasteiger charge is -2.26. The van der Waals surface area contributed by atoms with E-state index in [4.69, 9.17) is 4.74 Å². The molecule has 0 atom stereocenters. The number of morpholine rings is 1. The number of carbonyl (C=O) groups excluding carboxylic acids is 1. The van der Waals surface area contributed by atoms with Crippen LogP contribution < -0.4 is 4.90 Å². The molecule has 2 aliphatic rings. The van der Waals surface area contributed by atoms with Crippen LogP contribution in [-0.4, -0.2) is 47.1 Å². The number of anilines is 1. The van der Waals surface area contributed by atoms with Gasteiger partial charge in [0.25, 0.3) is 5.91 Å². The van der Waals surface area contributed by atoms with Crippen molar-refractivity contribution in [1.29, 1.82) is 0 Å². The van der Waals surface area contributed by atoms with Gasteiger partial charge in [0.05, 0.1) is 25.5 Å². The van der Waals surface area contributed by atoms with Crippen LogP contribution in [0.4, 0.5) is 5.95 Å². The Morgan fingerprint density at radius 1 is 1.21 bits per heavy atom. The number of ether oxygens (including phenoxy) is 1. The largest absolute Gasteiger partial charge is 0.378 e. The van der Waals surface area contributed by atoms with Crippen LogP contribution in [0.15, 0.2) is 30.5 Å². The smallest absolute Gasteiger partial charge is 0.254 e. The fourth-order valence-corrected chi connectivity index (χ4v) is 3.16. The minimum atomic E-state index is 0.0459. The number of hydrogen-bond donors (Lipinski definition) is 0. The van der Waals surface area contributed by atoms with Gasteiger partial charge in [-0.25, -0.2) is 9.97 Å². The van der Waals surface area contributed by atoms with E-state index in [0.717, 1.165) is 41.4 Å². The zero-order chi connectivity index (χ0) is 16.5. The van der Waals surface area contributed by atoms with Gasteiger partial charge in [-0.15, -0.1) is 0 Å². The van der Waals surface area contributed by atoms with Crippen LogP contribution >= 0.6 is 0 Å². The normalized spacial score (nSPS) is 17.0. The van der Waals surface area contributed by atoms with Gasteiger partial charge in [0.1, 0.15) is 0 Å². The summed E-state index contributed by atoms with van der Waals surface area (Å²) in [5, 5.41) is 0. The summed E-state index contributed by atoms with van der Waals surface area (Å²) in [5.41, 5.74) is 3.80. The lowest BCUT2D eigenvalue weighted by atomic mass is 10.1. The first-order valence-electron chi connectivity index (χ1n) is 8.24. The number of rotatable bonds is 2. The molecule has 0 bridgehead atoms. The second-order valence-electron chi connectivity index (χ2n) is 6.27. The minimum Gasteiger partial charge on any atom is -0.378 e. The van der Waals surface area contributed by atoms with Crippen molar-refractivity contribution in [2.75, 3.05) is 31.2 Å². The lowest BCUT2D eigenvalue weighted by Crippen LogP contribution is -2.37. The third-order valence-corrected chi connectivity index (χ3v) is 4.49. The van der Waals surface area contributed by atoms with E-state index in [-0.39, 0.29) is 5.91 Å². The van der Waals surface area contributed by atoms with Gasteiger partial charge in [-0.3, -0.25) is 4.79 Å². The summed E-state index contributed by atoms with van der Waals surface area (Å²) in [7, 11) is 0. The molecule has 4 rings (SSSR count). The van der Waals surface area contributed by atoms with Gasteiger partial charge in [0.15, 0.2) is 0 Å². The van der Waals surface area contributed by atoms with E-state index in [1.165, 1.54) is 0 Å². The quantitative estimate of drug-likeness (QED) is 0.843. The number of amides is 1. The minimum absolute atomic E-state index is 0.0459. The number of nitrogens with zero attached hydrogens (tertiary/aromatic N) is 4. The number of carbonyl (C=O) groups is 1. The number of hydrogen-bond acceptors (Lipinski definition) is 5. The molecule has 0 aliphatic carbocycles. The van der Waals surface area contributed by atoms with Crippen molar-refractivity contribution in [2.45, 2.75) is 20.0 Å². The molecule has 1 saturated heterocycles. The molecule has 6 heteroatoms. The molecule has 0 radical (unpaired) electrons. The fourth-order valence-electron chi connectivity index (χ4n) is 3.16. The molecular formula is C18H20N4O2. The van der Waals surface area contributed by atoms with E-state index in [9.17, 15) is 4.79 Å². The van der Waals surface area contributed by atoms with Crippen molar-refractivity contribution in [2.24, 2.45) is 0 Å². The summed E-state index contributed by atoms with van der Waals surface area (Å²) in [6.07, 6.45) is 1.86. The molecule has 1 aromatic heterocycles. The highest BCUT2D eigenvalue weighted by atomic mass is 16.5. The molecule has 124 valence electrons. The maximum atomic E-state index is 12.7. The monoisotopic (exact) mass is 324 g/mol. The summed E-state index contributed by atoms with van der Waals surface area (Å²) in [4.78, 5) is 25.8. The number of benzene rings is 1. The second-order valence-corrected chi connectivity index (χ2v) is 6.27. The third-order valence-electron chi connectivity index (χ3n) is 4.49. The predicted molar refractivity (Wildman–Crippen MR) is 89.8 cm³/mol. The highest BCUT2D eigenvalue weighted by Crippen LogP contribution is 2.24. The molecule has 2 aromatic rings. The third kappa shape index (κ3) is 2.85. The predicted octanol–water partition coefficient (Wildman–Crippen LogP) is 1.78. The van der Waals surface area contributed by atoms with E-state index >= 15 is 0 Å². The molecule has 0 N–H and O–H groups in total. The Labute approximate surface area is 141 Å². The molecule has 1 aromatic carbocycles. The van der Waals surface area contributed by atoms with E-state index in [0.29, 0.717) is 26.3 Å². The van der Waals surface area contributed by atoms with Crippen LogP contribution in [0.3, 0.4) is 0 Å². The fraction of sp³-hybridized carbons (Fsp3) is 0.389. The number of aryl methyl sites for hydroxylation is 1. The molecule has 0 saturated carbocycles. The van der Waals surface area contributed by atoms with E-state index < -0.39 is 0 Å². The molecule has 0 spiro atoms. The van der Waals surface area contributed by atoms with Crippen LogP contribution in [0.5, 0.6) is 0 Å². The Bertz CT molecular complexity index is 771. The van der Waals surface area contributed by atoms with Crippen LogP contribution in [0.2, 0.25) is 0 Å². The van der Waals surface area contributed by atoms with Gasteiger partial charge in [-0.05, 0) is 19.1 Å². The zero-order valence-electron chi connectivity index (χ0n) is 13.7. The van der Waals surface area contributed by atoms with Crippen molar-refractivity contribution in [1.82, 2.24) is 14.9 Å². The lowest BCUT2D eigenvalue weighted by molar-refractivity contribution is 0.0750. The SMILES string of the molecule is Cc1cccc(C(=O)N2Cc3cnc(N4CCOCC4)nc3C2)c1. The Balaban J connectivity index is 1.52. The van der Waals surface area contributed by atoms with Crippen molar-refractivity contribution in [3.63, 3.8) is 0 Å². The molecule has 24 heavy (non-hydrogen) atoms. The highest BCUT2D eigenvalue weighted by molar-refractivity contribution is 5.94. The van der Waals surface area contributed by atoms with Crippen LogP contribution in [0.25, 0.3) is 0 Å². The first kappa shape index (κ1) is 15.1. The van der Waals surface area contributed by atoms with Crippen LogP contribution in [-0.2, 0) is 17.8 Å². The summed E-state index contributed by atoms with van der Waals surface area (Å²) < 4.78 is 5.37. The van der Waals surface area contributed by atoms with E-state index in [2.05, 4.69) is 14.9 Å². The Kier molecular flexibility index (Phi) is 3.90. The molecule has 0 unspecified atom stereocenters. The molecule has 6 nitrogen and oxygen atoms in total. The average Bonchev–Trinajstić information content (AvgIpc) is 3.05.